The van der Waals surface area contributed by atoms with Crippen LogP contribution in [0.5, 0.6) is 0 Å². The van der Waals surface area contributed by atoms with Crippen LogP contribution in [0.3, 0.4) is 0 Å². The van der Waals surface area contributed by atoms with Crippen molar-refractivity contribution in [2.75, 3.05) is 13.2 Å². The predicted octanol–water partition coefficient (Wildman–Crippen LogP) is 2.46. The summed E-state index contributed by atoms with van der Waals surface area (Å²) in [6.45, 7) is 1.88. The fourth-order valence-electron chi connectivity index (χ4n) is 3.02. The Morgan fingerprint density at radius 2 is 2.00 bits per heavy atom. The van der Waals surface area contributed by atoms with Crippen molar-refractivity contribution in [1.82, 2.24) is 0 Å². The normalized spacial score (nSPS) is 31.1. The predicted molar refractivity (Wildman–Crippen MR) is 58.2 cm³/mol. The van der Waals surface area contributed by atoms with Gasteiger partial charge >= 0.3 is 0 Å². The van der Waals surface area contributed by atoms with Crippen LogP contribution in [0.25, 0.3) is 0 Å². The van der Waals surface area contributed by atoms with Gasteiger partial charge in [-0.25, -0.2) is 0 Å². The minimum atomic E-state index is 0.492. The second-order valence-corrected chi connectivity index (χ2v) is 5.08. The van der Waals surface area contributed by atoms with Gasteiger partial charge in [0.25, 0.3) is 0 Å². The monoisotopic (exact) mass is 197 g/mol. The molecule has 2 rings (SSSR count). The van der Waals surface area contributed by atoms with Crippen molar-refractivity contribution in [2.45, 2.75) is 57.5 Å². The van der Waals surface area contributed by atoms with Crippen molar-refractivity contribution in [3.05, 3.63) is 0 Å². The maximum absolute atomic E-state index is 5.91. The Morgan fingerprint density at radius 3 is 2.57 bits per heavy atom. The van der Waals surface area contributed by atoms with Gasteiger partial charge in [-0.15, -0.1) is 0 Å². The minimum absolute atomic E-state index is 0.492. The van der Waals surface area contributed by atoms with E-state index in [-0.39, 0.29) is 0 Å². The van der Waals surface area contributed by atoms with E-state index in [4.69, 9.17) is 10.5 Å². The zero-order valence-corrected chi connectivity index (χ0v) is 9.13. The van der Waals surface area contributed by atoms with E-state index in [1.165, 1.54) is 51.4 Å². The first-order valence-corrected chi connectivity index (χ1v) is 6.16. The highest BCUT2D eigenvalue weighted by atomic mass is 16.5. The fourth-order valence-corrected chi connectivity index (χ4v) is 3.02. The lowest BCUT2D eigenvalue weighted by molar-refractivity contribution is 0.0888. The molecule has 0 aromatic rings. The van der Waals surface area contributed by atoms with E-state index in [2.05, 4.69) is 0 Å². The summed E-state index contributed by atoms with van der Waals surface area (Å²) in [4.78, 5) is 0. The Bertz CT molecular complexity index is 169. The lowest BCUT2D eigenvalue weighted by atomic mass is 9.81. The molecular formula is C12H23NO. The molecule has 1 unspecified atom stereocenters. The Hall–Kier alpha value is -0.0800. The van der Waals surface area contributed by atoms with Gasteiger partial charge in [-0.2, -0.15) is 0 Å². The average molecular weight is 197 g/mol. The number of nitrogens with two attached hydrogens (primary N) is 1. The third kappa shape index (κ3) is 2.29. The van der Waals surface area contributed by atoms with Gasteiger partial charge in [0.2, 0.25) is 0 Å². The van der Waals surface area contributed by atoms with Crippen molar-refractivity contribution in [2.24, 2.45) is 11.1 Å². The molecule has 0 radical (unpaired) electrons. The average Bonchev–Trinajstić information content (AvgIpc) is 2.87. The number of hydrogen-bond acceptors (Lipinski definition) is 2. The highest BCUT2D eigenvalue weighted by Crippen LogP contribution is 2.41. The van der Waals surface area contributed by atoms with E-state index >= 15 is 0 Å². The van der Waals surface area contributed by atoms with Crippen molar-refractivity contribution in [3.8, 4) is 0 Å². The maximum atomic E-state index is 5.91. The zero-order valence-electron chi connectivity index (χ0n) is 9.13. The first kappa shape index (κ1) is 10.4. The van der Waals surface area contributed by atoms with Gasteiger partial charge in [0.15, 0.2) is 0 Å². The van der Waals surface area contributed by atoms with Crippen LogP contribution in [-0.4, -0.2) is 19.3 Å². The van der Waals surface area contributed by atoms with Crippen molar-refractivity contribution in [3.63, 3.8) is 0 Å². The summed E-state index contributed by atoms with van der Waals surface area (Å²) in [6.07, 6.45) is 11.1. The molecule has 0 spiro atoms. The van der Waals surface area contributed by atoms with Crippen molar-refractivity contribution < 1.29 is 4.74 Å². The van der Waals surface area contributed by atoms with E-state index in [0.29, 0.717) is 11.5 Å². The zero-order chi connectivity index (χ0) is 9.86. The number of rotatable bonds is 4. The molecule has 1 heterocycles. The molecule has 1 saturated carbocycles. The maximum Gasteiger partial charge on any atom is 0.0576 e. The molecule has 0 aromatic carbocycles. The highest BCUT2D eigenvalue weighted by Gasteiger charge is 2.33. The molecule has 2 heteroatoms. The molecule has 1 saturated heterocycles. The first-order chi connectivity index (χ1) is 6.85. The van der Waals surface area contributed by atoms with Crippen LogP contribution in [-0.2, 0) is 4.74 Å². The smallest absolute Gasteiger partial charge is 0.0576 e. The van der Waals surface area contributed by atoms with Crippen molar-refractivity contribution >= 4 is 0 Å². The van der Waals surface area contributed by atoms with Crippen LogP contribution < -0.4 is 5.73 Å². The summed E-state index contributed by atoms with van der Waals surface area (Å²) in [5.41, 5.74) is 6.40. The Kier molecular flexibility index (Phi) is 3.45. The van der Waals surface area contributed by atoms with E-state index < -0.39 is 0 Å². The Balaban J connectivity index is 1.76. The summed E-state index contributed by atoms with van der Waals surface area (Å²) in [6, 6.07) is 0. The molecule has 0 aromatic heterocycles. The third-order valence-corrected chi connectivity index (χ3v) is 4.12. The second-order valence-electron chi connectivity index (χ2n) is 5.08. The first-order valence-electron chi connectivity index (χ1n) is 6.16. The molecule has 14 heavy (non-hydrogen) atoms. The largest absolute Gasteiger partial charge is 0.378 e. The number of hydrogen-bond donors (Lipinski definition) is 1. The van der Waals surface area contributed by atoms with E-state index in [1.807, 2.05) is 0 Å². The molecule has 1 aliphatic carbocycles. The molecule has 2 nitrogen and oxygen atoms in total. The third-order valence-electron chi connectivity index (χ3n) is 4.12. The standard InChI is InChI=1S/C12H23NO/c13-10-12(6-1-2-7-12)8-5-11-4-3-9-14-11/h11H,1-10,13H2. The van der Waals surface area contributed by atoms with Gasteiger partial charge in [-0.1, -0.05) is 12.8 Å². The lowest BCUT2D eigenvalue weighted by Crippen LogP contribution is -2.28. The van der Waals surface area contributed by atoms with Crippen LogP contribution in [0.15, 0.2) is 0 Å². The minimum Gasteiger partial charge on any atom is -0.378 e. The molecule has 0 amide bonds. The van der Waals surface area contributed by atoms with Crippen LogP contribution in [0.1, 0.15) is 51.4 Å². The quantitative estimate of drug-likeness (QED) is 0.751. The van der Waals surface area contributed by atoms with Gasteiger partial charge < -0.3 is 10.5 Å². The van der Waals surface area contributed by atoms with Gasteiger partial charge in [0, 0.05) is 6.61 Å². The summed E-state index contributed by atoms with van der Waals surface area (Å²) in [7, 11) is 0. The van der Waals surface area contributed by atoms with Gasteiger partial charge in [0.1, 0.15) is 0 Å². The fraction of sp³-hybridized carbons (Fsp3) is 1.00. The summed E-state index contributed by atoms with van der Waals surface area (Å²) >= 11 is 0. The van der Waals surface area contributed by atoms with E-state index in [1.54, 1.807) is 0 Å². The van der Waals surface area contributed by atoms with E-state index in [9.17, 15) is 0 Å². The highest BCUT2D eigenvalue weighted by molar-refractivity contribution is 4.86. The van der Waals surface area contributed by atoms with Crippen LogP contribution >= 0.6 is 0 Å². The summed E-state index contributed by atoms with van der Waals surface area (Å²) in [5.74, 6) is 0. The van der Waals surface area contributed by atoms with Crippen molar-refractivity contribution in [1.29, 1.82) is 0 Å². The van der Waals surface area contributed by atoms with Crippen LogP contribution in [0.4, 0.5) is 0 Å². The number of ether oxygens (including phenoxy) is 1. The van der Waals surface area contributed by atoms with Crippen LogP contribution in [0.2, 0.25) is 0 Å². The molecular weight excluding hydrogens is 174 g/mol. The SMILES string of the molecule is NCC1(CCC2CCCO2)CCCC1. The topological polar surface area (TPSA) is 35.2 Å². The van der Waals surface area contributed by atoms with Gasteiger partial charge in [0.05, 0.1) is 6.10 Å². The molecule has 1 aliphatic heterocycles. The molecule has 1 atom stereocenters. The van der Waals surface area contributed by atoms with E-state index in [0.717, 1.165) is 13.2 Å². The molecule has 0 bridgehead atoms. The summed E-state index contributed by atoms with van der Waals surface area (Å²) in [5, 5.41) is 0. The lowest BCUT2D eigenvalue weighted by Gasteiger charge is -2.28. The molecule has 2 N–H and O–H groups in total. The summed E-state index contributed by atoms with van der Waals surface area (Å²) < 4.78 is 5.66. The molecule has 2 aliphatic rings. The molecule has 82 valence electrons. The Labute approximate surface area is 87.2 Å². The second kappa shape index (κ2) is 4.63. The Morgan fingerprint density at radius 1 is 1.21 bits per heavy atom. The van der Waals surface area contributed by atoms with Gasteiger partial charge in [-0.3, -0.25) is 0 Å². The van der Waals surface area contributed by atoms with Crippen LogP contribution in [0, 0.1) is 5.41 Å². The molecule has 2 fully saturated rings. The van der Waals surface area contributed by atoms with Gasteiger partial charge in [-0.05, 0) is 50.5 Å².